The van der Waals surface area contributed by atoms with E-state index in [1.54, 1.807) is 35.4 Å². The molecule has 0 saturated carbocycles. The molecule has 2 aliphatic rings. The van der Waals surface area contributed by atoms with Gasteiger partial charge in [-0.1, -0.05) is 54.6 Å². The summed E-state index contributed by atoms with van der Waals surface area (Å²) < 4.78 is 39.1. The van der Waals surface area contributed by atoms with Gasteiger partial charge in [-0.2, -0.15) is 13.2 Å². The van der Waals surface area contributed by atoms with E-state index in [4.69, 9.17) is 0 Å². The Kier molecular flexibility index (Phi) is 8.03. The van der Waals surface area contributed by atoms with Gasteiger partial charge in [-0.15, -0.1) is 11.3 Å². The predicted molar refractivity (Wildman–Crippen MR) is 161 cm³/mol. The molecule has 43 heavy (non-hydrogen) atoms. The van der Waals surface area contributed by atoms with Crippen LogP contribution in [0.4, 0.5) is 18.9 Å². The summed E-state index contributed by atoms with van der Waals surface area (Å²) in [7, 11) is 0. The van der Waals surface area contributed by atoms with Gasteiger partial charge in [0.1, 0.15) is 10.7 Å². The molecule has 1 saturated heterocycles. The van der Waals surface area contributed by atoms with E-state index in [2.05, 4.69) is 22.0 Å². The number of carbonyl (C=O) groups is 2. The van der Waals surface area contributed by atoms with Gasteiger partial charge >= 0.3 is 6.18 Å². The van der Waals surface area contributed by atoms with Crippen LogP contribution >= 0.6 is 11.3 Å². The Labute approximate surface area is 251 Å². The molecule has 0 spiro atoms. The van der Waals surface area contributed by atoms with Gasteiger partial charge in [0.2, 0.25) is 0 Å². The van der Waals surface area contributed by atoms with Crippen LogP contribution in [-0.2, 0) is 6.18 Å². The summed E-state index contributed by atoms with van der Waals surface area (Å²) in [6.45, 7) is 3.25. The Morgan fingerprint density at radius 2 is 1.51 bits per heavy atom. The van der Waals surface area contributed by atoms with Crippen LogP contribution in [0, 0.1) is 0 Å². The van der Waals surface area contributed by atoms with Crippen molar-refractivity contribution in [2.45, 2.75) is 18.5 Å². The highest BCUT2D eigenvalue weighted by molar-refractivity contribution is 7.10. The van der Waals surface area contributed by atoms with E-state index in [1.807, 2.05) is 34.6 Å². The maximum absolute atomic E-state index is 13.5. The zero-order chi connectivity index (χ0) is 30.0. The highest BCUT2D eigenvalue weighted by Crippen LogP contribution is 2.33. The molecule has 1 unspecified atom stereocenters. The highest BCUT2D eigenvalue weighted by Gasteiger charge is 2.31. The minimum absolute atomic E-state index is 0.0179. The number of nitrogens with zero attached hydrogens (tertiary/aromatic N) is 4. The van der Waals surface area contributed by atoms with Crippen molar-refractivity contribution in [2.75, 3.05) is 37.6 Å². The number of hydrogen-bond acceptors (Lipinski definition) is 5. The second-order valence-corrected chi connectivity index (χ2v) is 11.4. The molecule has 220 valence electrons. The molecule has 0 N–H and O–H groups in total. The molecule has 0 radical (unpaired) electrons. The molecule has 6 rings (SSSR count). The SMILES string of the molecule is O=C(c1ccccc1-c1ccc(C(F)(F)F)cc1)N1C=CC(c2nc(C(=O)N3CCN(c4ccccc4)CC3)cs2)CC1. The molecule has 10 heteroatoms. The standard InChI is InChI=1S/C33H29F3N4O2S/c34-33(35,36)25-12-10-23(11-13-25)27-8-4-5-9-28(27)31(41)39-16-14-24(15-17-39)30-37-29(22-43-30)32(42)40-20-18-38(19-21-40)26-6-2-1-3-7-26/h1-14,16,22,24H,15,17-21H2. The second-order valence-electron chi connectivity index (χ2n) is 10.5. The van der Waals surface area contributed by atoms with Gasteiger partial charge in [0.25, 0.3) is 11.8 Å². The average molecular weight is 603 g/mol. The normalized spacial score (nSPS) is 17.3. The van der Waals surface area contributed by atoms with Crippen LogP contribution in [0.5, 0.6) is 0 Å². The molecule has 1 aromatic heterocycles. The maximum atomic E-state index is 13.5. The number of allylic oxidation sites excluding steroid dienone is 1. The van der Waals surface area contributed by atoms with Crippen LogP contribution in [0.3, 0.4) is 0 Å². The number of thiazole rings is 1. The van der Waals surface area contributed by atoms with E-state index >= 15 is 0 Å². The van der Waals surface area contributed by atoms with Crippen molar-refractivity contribution in [3.8, 4) is 11.1 Å². The summed E-state index contributed by atoms with van der Waals surface area (Å²) in [5, 5.41) is 2.65. The number of amides is 2. The van der Waals surface area contributed by atoms with Crippen molar-refractivity contribution in [2.24, 2.45) is 0 Å². The van der Waals surface area contributed by atoms with Crippen LogP contribution in [0.15, 0.2) is 96.5 Å². The van der Waals surface area contributed by atoms with E-state index in [-0.39, 0.29) is 17.7 Å². The van der Waals surface area contributed by atoms with Crippen LogP contribution in [0.2, 0.25) is 0 Å². The number of alkyl halides is 3. The number of halogens is 3. The van der Waals surface area contributed by atoms with Gasteiger partial charge in [0, 0.05) is 61.5 Å². The number of para-hydroxylation sites is 1. The molecular formula is C33H29F3N4O2S. The van der Waals surface area contributed by atoms with Gasteiger partial charge in [0.15, 0.2) is 0 Å². The van der Waals surface area contributed by atoms with Crippen molar-refractivity contribution in [1.82, 2.24) is 14.8 Å². The molecule has 2 amide bonds. The van der Waals surface area contributed by atoms with Gasteiger partial charge < -0.3 is 14.7 Å². The number of piperazine rings is 1. The summed E-state index contributed by atoms with van der Waals surface area (Å²) in [4.78, 5) is 37.1. The average Bonchev–Trinajstić information content (AvgIpc) is 3.55. The number of rotatable bonds is 5. The molecule has 2 aliphatic heterocycles. The number of anilines is 1. The third-order valence-corrected chi connectivity index (χ3v) is 8.84. The van der Waals surface area contributed by atoms with E-state index in [0.29, 0.717) is 48.4 Å². The molecular weight excluding hydrogens is 573 g/mol. The number of aromatic nitrogens is 1. The fourth-order valence-electron chi connectivity index (χ4n) is 5.47. The minimum Gasteiger partial charge on any atom is -0.368 e. The van der Waals surface area contributed by atoms with Gasteiger partial charge in [0.05, 0.1) is 5.56 Å². The summed E-state index contributed by atoms with van der Waals surface area (Å²) in [6.07, 6.45) is -0.117. The zero-order valence-corrected chi connectivity index (χ0v) is 24.0. The fraction of sp³-hybridized carbons (Fsp3) is 0.242. The Hall–Kier alpha value is -4.44. The quantitative estimate of drug-likeness (QED) is 0.249. The first-order valence-corrected chi connectivity index (χ1v) is 15.0. The smallest absolute Gasteiger partial charge is 0.368 e. The highest BCUT2D eigenvalue weighted by atomic mass is 32.1. The van der Waals surface area contributed by atoms with E-state index in [9.17, 15) is 22.8 Å². The lowest BCUT2D eigenvalue weighted by Crippen LogP contribution is -2.48. The molecule has 1 fully saturated rings. The lowest BCUT2D eigenvalue weighted by molar-refractivity contribution is -0.137. The van der Waals surface area contributed by atoms with Crippen molar-refractivity contribution in [3.63, 3.8) is 0 Å². The van der Waals surface area contributed by atoms with Gasteiger partial charge in [-0.25, -0.2) is 4.98 Å². The van der Waals surface area contributed by atoms with E-state index in [1.165, 1.54) is 23.5 Å². The fourth-order valence-corrected chi connectivity index (χ4v) is 6.38. The Balaban J connectivity index is 1.09. The zero-order valence-electron chi connectivity index (χ0n) is 23.2. The third kappa shape index (κ3) is 6.19. The summed E-state index contributed by atoms with van der Waals surface area (Å²) >= 11 is 1.45. The van der Waals surface area contributed by atoms with Gasteiger partial charge in [-0.3, -0.25) is 9.59 Å². The van der Waals surface area contributed by atoms with Crippen molar-refractivity contribution in [3.05, 3.63) is 118 Å². The summed E-state index contributed by atoms with van der Waals surface area (Å²) in [5.74, 6) is -0.308. The largest absolute Gasteiger partial charge is 0.416 e. The third-order valence-electron chi connectivity index (χ3n) is 7.87. The summed E-state index contributed by atoms with van der Waals surface area (Å²) in [5.41, 5.74) is 2.40. The number of benzene rings is 3. The van der Waals surface area contributed by atoms with Crippen molar-refractivity contribution >= 4 is 28.8 Å². The lowest BCUT2D eigenvalue weighted by atomic mass is 9.97. The first-order chi connectivity index (χ1) is 20.8. The Morgan fingerprint density at radius 3 is 2.19 bits per heavy atom. The molecule has 3 aromatic carbocycles. The summed E-state index contributed by atoms with van der Waals surface area (Å²) in [6, 6.07) is 21.9. The van der Waals surface area contributed by atoms with E-state index < -0.39 is 11.7 Å². The lowest BCUT2D eigenvalue weighted by Gasteiger charge is -2.35. The maximum Gasteiger partial charge on any atom is 0.416 e. The Morgan fingerprint density at radius 1 is 0.814 bits per heavy atom. The first kappa shape index (κ1) is 28.7. The van der Waals surface area contributed by atoms with Crippen LogP contribution in [0.25, 0.3) is 11.1 Å². The minimum atomic E-state index is -4.42. The molecule has 1 atom stereocenters. The molecule has 0 aliphatic carbocycles. The van der Waals surface area contributed by atoms with E-state index in [0.717, 1.165) is 35.9 Å². The number of carbonyl (C=O) groups excluding carboxylic acids is 2. The van der Waals surface area contributed by atoms with Crippen LogP contribution < -0.4 is 4.90 Å². The van der Waals surface area contributed by atoms with Gasteiger partial charge in [-0.05, 0) is 47.9 Å². The van der Waals surface area contributed by atoms with Crippen LogP contribution in [0.1, 0.15) is 43.8 Å². The molecule has 4 aromatic rings. The Bertz CT molecular complexity index is 1630. The predicted octanol–water partition coefficient (Wildman–Crippen LogP) is 6.93. The molecule has 3 heterocycles. The first-order valence-electron chi connectivity index (χ1n) is 14.1. The molecule has 0 bridgehead atoms. The van der Waals surface area contributed by atoms with Crippen molar-refractivity contribution < 1.29 is 22.8 Å². The molecule has 6 nitrogen and oxygen atoms in total. The second kappa shape index (κ2) is 12.0. The van der Waals surface area contributed by atoms with Crippen LogP contribution in [-0.4, -0.2) is 59.3 Å². The number of hydrogen-bond donors (Lipinski definition) is 0. The topological polar surface area (TPSA) is 56.8 Å². The monoisotopic (exact) mass is 602 g/mol. The van der Waals surface area contributed by atoms with Crippen molar-refractivity contribution in [1.29, 1.82) is 0 Å².